The third kappa shape index (κ3) is 3.43. The molecule has 4 nitrogen and oxygen atoms in total. The van der Waals surface area contributed by atoms with Gasteiger partial charge in [0.1, 0.15) is 0 Å². The largest absolute Gasteiger partial charge is 0.387 e. The Kier molecular flexibility index (Phi) is 4.55. The van der Waals surface area contributed by atoms with Gasteiger partial charge in [-0.25, -0.2) is 0 Å². The molecule has 1 N–H and O–H groups in total. The van der Waals surface area contributed by atoms with Crippen molar-refractivity contribution in [3.8, 4) is 0 Å². The number of likely N-dealkylation sites (N-methyl/N-ethyl adjacent to an activating group) is 1. The van der Waals surface area contributed by atoms with Gasteiger partial charge in [0, 0.05) is 20.2 Å². The van der Waals surface area contributed by atoms with Gasteiger partial charge < -0.3 is 14.7 Å². The van der Waals surface area contributed by atoms with Gasteiger partial charge in [0.05, 0.1) is 29.8 Å². The van der Waals surface area contributed by atoms with Gasteiger partial charge in [-0.3, -0.25) is 4.98 Å². The predicted octanol–water partition coefficient (Wildman–Crippen LogP) is 2.14. The van der Waals surface area contributed by atoms with Crippen LogP contribution in [0.5, 0.6) is 0 Å². The highest BCUT2D eigenvalue weighted by Gasteiger charge is 2.16. The summed E-state index contributed by atoms with van der Waals surface area (Å²) in [5.41, 5.74) is 1.77. The van der Waals surface area contributed by atoms with Gasteiger partial charge in [-0.15, -0.1) is 0 Å². The summed E-state index contributed by atoms with van der Waals surface area (Å²) < 4.78 is 5.73. The molecule has 1 fully saturated rings. The van der Waals surface area contributed by atoms with Gasteiger partial charge in [-0.05, 0) is 38.3 Å². The first-order valence-electron chi connectivity index (χ1n) is 6.63. The summed E-state index contributed by atoms with van der Waals surface area (Å²) >= 11 is 0. The SMILES string of the molecule is C[C@@H](O)c1ccc(N(C)CC2CCCCO2)cn1. The molecule has 0 amide bonds. The summed E-state index contributed by atoms with van der Waals surface area (Å²) in [6.07, 6.45) is 5.22. The molecule has 0 radical (unpaired) electrons. The molecule has 1 aliphatic heterocycles. The first-order valence-corrected chi connectivity index (χ1v) is 6.63. The van der Waals surface area contributed by atoms with Crippen molar-refractivity contribution >= 4 is 5.69 Å². The molecule has 4 heteroatoms. The van der Waals surface area contributed by atoms with Crippen LogP contribution < -0.4 is 4.90 Å². The van der Waals surface area contributed by atoms with Crippen LogP contribution in [0.3, 0.4) is 0 Å². The van der Waals surface area contributed by atoms with Crippen LogP contribution in [0, 0.1) is 0 Å². The van der Waals surface area contributed by atoms with Crippen LogP contribution in [0.4, 0.5) is 5.69 Å². The fourth-order valence-electron chi connectivity index (χ4n) is 2.23. The van der Waals surface area contributed by atoms with Crippen LogP contribution in [-0.2, 0) is 4.74 Å². The molecule has 100 valence electrons. The van der Waals surface area contributed by atoms with Crippen LogP contribution >= 0.6 is 0 Å². The van der Waals surface area contributed by atoms with Crippen molar-refractivity contribution in [2.45, 2.75) is 38.4 Å². The second-order valence-electron chi connectivity index (χ2n) is 4.99. The van der Waals surface area contributed by atoms with E-state index in [-0.39, 0.29) is 0 Å². The summed E-state index contributed by atoms with van der Waals surface area (Å²) in [4.78, 5) is 6.42. The van der Waals surface area contributed by atoms with Gasteiger partial charge in [0.2, 0.25) is 0 Å². The first-order chi connectivity index (χ1) is 8.66. The molecule has 2 heterocycles. The standard InChI is InChI=1S/C14H22N2O2/c1-11(17)14-7-6-12(9-15-14)16(2)10-13-5-3-4-8-18-13/h6-7,9,11,13,17H,3-5,8,10H2,1-2H3/t11-,13?/m1/s1. The fourth-order valence-corrected chi connectivity index (χ4v) is 2.23. The third-order valence-electron chi connectivity index (χ3n) is 3.39. The average Bonchev–Trinajstić information content (AvgIpc) is 2.40. The van der Waals surface area contributed by atoms with E-state index in [0.29, 0.717) is 11.8 Å². The zero-order valence-corrected chi connectivity index (χ0v) is 11.2. The van der Waals surface area contributed by atoms with E-state index in [1.165, 1.54) is 12.8 Å². The van der Waals surface area contributed by atoms with Crippen molar-refractivity contribution in [3.05, 3.63) is 24.0 Å². The number of ether oxygens (including phenoxy) is 1. The van der Waals surface area contributed by atoms with Crippen LogP contribution in [-0.4, -0.2) is 36.4 Å². The molecule has 1 aliphatic rings. The summed E-state index contributed by atoms with van der Waals surface area (Å²) in [5, 5.41) is 9.42. The zero-order valence-electron chi connectivity index (χ0n) is 11.2. The fraction of sp³-hybridized carbons (Fsp3) is 0.643. The maximum absolute atomic E-state index is 9.42. The topological polar surface area (TPSA) is 45.6 Å². The van der Waals surface area contributed by atoms with E-state index in [4.69, 9.17) is 4.74 Å². The molecule has 0 aromatic carbocycles. The zero-order chi connectivity index (χ0) is 13.0. The number of pyridine rings is 1. The van der Waals surface area contributed by atoms with Crippen molar-refractivity contribution in [1.82, 2.24) is 4.98 Å². The van der Waals surface area contributed by atoms with E-state index in [1.807, 2.05) is 18.3 Å². The van der Waals surface area contributed by atoms with E-state index in [2.05, 4.69) is 16.9 Å². The molecule has 2 atom stereocenters. The molecular formula is C14H22N2O2. The summed E-state index contributed by atoms with van der Waals surface area (Å²) in [7, 11) is 2.05. The van der Waals surface area contributed by atoms with Crippen LogP contribution in [0.15, 0.2) is 18.3 Å². The Morgan fingerprint density at radius 2 is 2.33 bits per heavy atom. The molecule has 2 rings (SSSR count). The number of rotatable bonds is 4. The number of aromatic nitrogens is 1. The Labute approximate surface area is 109 Å². The van der Waals surface area contributed by atoms with Crippen molar-refractivity contribution in [2.75, 3.05) is 25.1 Å². The van der Waals surface area contributed by atoms with Crippen molar-refractivity contribution in [1.29, 1.82) is 0 Å². The minimum absolute atomic E-state index is 0.334. The molecular weight excluding hydrogens is 228 g/mol. The van der Waals surface area contributed by atoms with Gasteiger partial charge >= 0.3 is 0 Å². The van der Waals surface area contributed by atoms with Gasteiger partial charge in [-0.1, -0.05) is 0 Å². The quantitative estimate of drug-likeness (QED) is 0.889. The molecule has 0 saturated carbocycles. The lowest BCUT2D eigenvalue weighted by molar-refractivity contribution is 0.0216. The van der Waals surface area contributed by atoms with Crippen LogP contribution in [0.25, 0.3) is 0 Å². The molecule has 1 unspecified atom stereocenters. The lowest BCUT2D eigenvalue weighted by Crippen LogP contribution is -2.33. The van der Waals surface area contributed by atoms with Crippen LogP contribution in [0.2, 0.25) is 0 Å². The van der Waals surface area contributed by atoms with Crippen molar-refractivity contribution in [2.24, 2.45) is 0 Å². The molecule has 0 bridgehead atoms. The maximum Gasteiger partial charge on any atom is 0.0931 e. The van der Waals surface area contributed by atoms with E-state index in [9.17, 15) is 5.11 Å². The second kappa shape index (κ2) is 6.16. The van der Waals surface area contributed by atoms with Crippen LogP contribution in [0.1, 0.15) is 38.0 Å². The number of anilines is 1. The van der Waals surface area contributed by atoms with Gasteiger partial charge in [0.15, 0.2) is 0 Å². The Morgan fingerprint density at radius 3 is 2.89 bits per heavy atom. The smallest absolute Gasteiger partial charge is 0.0931 e. The Balaban J connectivity index is 1.93. The second-order valence-corrected chi connectivity index (χ2v) is 4.99. The first kappa shape index (κ1) is 13.3. The Hall–Kier alpha value is -1.13. The molecule has 1 aromatic heterocycles. The Morgan fingerprint density at radius 1 is 1.50 bits per heavy atom. The monoisotopic (exact) mass is 250 g/mol. The van der Waals surface area contributed by atoms with E-state index >= 15 is 0 Å². The van der Waals surface area contributed by atoms with Crippen molar-refractivity contribution < 1.29 is 9.84 Å². The number of hydrogen-bond acceptors (Lipinski definition) is 4. The minimum atomic E-state index is -0.508. The van der Waals surface area contributed by atoms with Crippen molar-refractivity contribution in [3.63, 3.8) is 0 Å². The van der Waals surface area contributed by atoms with E-state index < -0.39 is 6.10 Å². The predicted molar refractivity (Wildman–Crippen MR) is 71.7 cm³/mol. The lowest BCUT2D eigenvalue weighted by Gasteiger charge is -2.28. The Bertz CT molecular complexity index is 359. The lowest BCUT2D eigenvalue weighted by atomic mass is 10.1. The normalized spacial score (nSPS) is 21.6. The summed E-state index contributed by atoms with van der Waals surface area (Å²) in [6.45, 7) is 3.51. The van der Waals surface area contributed by atoms with Gasteiger partial charge in [0.25, 0.3) is 0 Å². The van der Waals surface area contributed by atoms with E-state index in [0.717, 1.165) is 25.3 Å². The third-order valence-corrected chi connectivity index (χ3v) is 3.39. The number of aliphatic hydroxyl groups excluding tert-OH is 1. The number of nitrogens with zero attached hydrogens (tertiary/aromatic N) is 2. The highest BCUT2D eigenvalue weighted by Crippen LogP contribution is 2.18. The highest BCUT2D eigenvalue weighted by atomic mass is 16.5. The molecule has 18 heavy (non-hydrogen) atoms. The average molecular weight is 250 g/mol. The highest BCUT2D eigenvalue weighted by molar-refractivity contribution is 5.43. The number of hydrogen-bond donors (Lipinski definition) is 1. The maximum atomic E-state index is 9.42. The molecule has 0 aliphatic carbocycles. The van der Waals surface area contributed by atoms with E-state index in [1.54, 1.807) is 6.92 Å². The molecule has 0 spiro atoms. The minimum Gasteiger partial charge on any atom is -0.387 e. The summed E-state index contributed by atoms with van der Waals surface area (Å²) in [6, 6.07) is 3.87. The number of aliphatic hydroxyl groups is 1. The molecule has 1 aromatic rings. The molecule has 1 saturated heterocycles. The summed E-state index contributed by atoms with van der Waals surface area (Å²) in [5.74, 6) is 0. The van der Waals surface area contributed by atoms with Gasteiger partial charge in [-0.2, -0.15) is 0 Å².